The van der Waals surface area contributed by atoms with Crippen LogP contribution in [0.15, 0.2) is 0 Å². The molecule has 0 saturated carbocycles. The van der Waals surface area contributed by atoms with Crippen LogP contribution in [0.5, 0.6) is 0 Å². The number of amides is 1. The molecule has 0 aromatic rings. The third kappa shape index (κ3) is 2.61. The second-order valence-corrected chi connectivity index (χ2v) is 5.48. The van der Waals surface area contributed by atoms with Gasteiger partial charge in [0.25, 0.3) is 5.91 Å². The molecule has 1 atom stereocenters. The quantitative estimate of drug-likeness (QED) is 0.689. The van der Waals surface area contributed by atoms with Crippen LogP contribution in [0.25, 0.3) is 0 Å². The van der Waals surface area contributed by atoms with Crippen LogP contribution < -0.4 is 0 Å². The summed E-state index contributed by atoms with van der Waals surface area (Å²) in [7, 11) is 0. The Balaban J connectivity index is 2.56. The monoisotopic (exact) mass is 203 g/mol. The van der Waals surface area contributed by atoms with Crippen LogP contribution in [-0.4, -0.2) is 40.2 Å². The van der Waals surface area contributed by atoms with Crippen LogP contribution in [-0.2, 0) is 4.79 Å². The molecule has 13 heavy (non-hydrogen) atoms. The van der Waals surface area contributed by atoms with E-state index in [0.717, 1.165) is 18.2 Å². The summed E-state index contributed by atoms with van der Waals surface area (Å²) in [4.78, 5) is 13.4. The Kier molecular flexibility index (Phi) is 3.24. The molecule has 1 aliphatic rings. The second kappa shape index (κ2) is 3.88. The van der Waals surface area contributed by atoms with Crippen LogP contribution in [0.2, 0.25) is 0 Å². The van der Waals surface area contributed by atoms with E-state index in [1.165, 1.54) is 0 Å². The molecule has 1 fully saturated rings. The van der Waals surface area contributed by atoms with E-state index in [1.54, 1.807) is 16.7 Å². The molecule has 0 bridgehead atoms. The normalized spacial score (nSPS) is 20.5. The zero-order valence-corrected chi connectivity index (χ0v) is 9.23. The molecule has 0 aliphatic carbocycles. The van der Waals surface area contributed by atoms with Gasteiger partial charge in [0.15, 0.2) is 0 Å². The number of thioether (sulfide) groups is 1. The van der Waals surface area contributed by atoms with Gasteiger partial charge in [-0.05, 0) is 5.41 Å². The van der Waals surface area contributed by atoms with Crippen LogP contribution in [0.3, 0.4) is 0 Å². The topological polar surface area (TPSA) is 40.5 Å². The Hall–Kier alpha value is -0.220. The minimum Gasteiger partial charge on any atom is -0.383 e. The number of nitrogens with zero attached hydrogens (tertiary/aromatic N) is 1. The highest BCUT2D eigenvalue weighted by Crippen LogP contribution is 2.23. The van der Waals surface area contributed by atoms with E-state index < -0.39 is 6.10 Å². The lowest BCUT2D eigenvalue weighted by Crippen LogP contribution is -2.43. The maximum absolute atomic E-state index is 11.7. The molecule has 1 heterocycles. The maximum atomic E-state index is 11.7. The summed E-state index contributed by atoms with van der Waals surface area (Å²) in [6.07, 6.45) is -0.869. The van der Waals surface area contributed by atoms with E-state index in [4.69, 9.17) is 0 Å². The summed E-state index contributed by atoms with van der Waals surface area (Å²) in [5, 5.41) is 9.71. The summed E-state index contributed by atoms with van der Waals surface area (Å²) >= 11 is 1.73. The molecule has 0 aromatic heterocycles. The van der Waals surface area contributed by atoms with Gasteiger partial charge in [0, 0.05) is 12.3 Å². The number of aliphatic hydroxyl groups excluding tert-OH is 1. The minimum absolute atomic E-state index is 0.127. The van der Waals surface area contributed by atoms with Crippen LogP contribution >= 0.6 is 11.8 Å². The van der Waals surface area contributed by atoms with E-state index in [2.05, 4.69) is 0 Å². The van der Waals surface area contributed by atoms with Crippen LogP contribution in [0.4, 0.5) is 0 Å². The summed E-state index contributed by atoms with van der Waals surface area (Å²) in [5.41, 5.74) is -0.357. The Labute approximate surface area is 83.5 Å². The molecule has 76 valence electrons. The fourth-order valence-electron chi connectivity index (χ4n) is 1.13. The fourth-order valence-corrected chi connectivity index (χ4v) is 2.09. The highest BCUT2D eigenvalue weighted by atomic mass is 32.2. The van der Waals surface area contributed by atoms with E-state index in [0.29, 0.717) is 0 Å². The number of carbonyl (C=O) groups excluding carboxylic acids is 1. The minimum atomic E-state index is -0.869. The van der Waals surface area contributed by atoms with Gasteiger partial charge in [-0.3, -0.25) is 4.79 Å². The highest BCUT2D eigenvalue weighted by molar-refractivity contribution is 7.99. The van der Waals surface area contributed by atoms with E-state index in [9.17, 15) is 9.90 Å². The van der Waals surface area contributed by atoms with E-state index in [1.807, 2.05) is 20.8 Å². The summed E-state index contributed by atoms with van der Waals surface area (Å²) in [6.45, 7) is 6.40. The second-order valence-electron chi connectivity index (χ2n) is 4.41. The number of aliphatic hydroxyl groups is 1. The molecule has 1 amide bonds. The van der Waals surface area contributed by atoms with E-state index in [-0.39, 0.29) is 11.3 Å². The molecule has 1 N–H and O–H groups in total. The maximum Gasteiger partial charge on any atom is 0.252 e. The molecule has 1 saturated heterocycles. The number of hydrogen-bond donors (Lipinski definition) is 1. The Morgan fingerprint density at radius 1 is 1.54 bits per heavy atom. The molecule has 4 heteroatoms. The number of rotatable bonds is 1. The fraction of sp³-hybridized carbons (Fsp3) is 0.889. The summed E-state index contributed by atoms with van der Waals surface area (Å²) in [6, 6.07) is 0. The zero-order valence-electron chi connectivity index (χ0n) is 8.41. The predicted molar refractivity (Wildman–Crippen MR) is 54.5 cm³/mol. The van der Waals surface area contributed by atoms with E-state index >= 15 is 0 Å². The lowest BCUT2D eigenvalue weighted by molar-refractivity contribution is -0.144. The average Bonchev–Trinajstić information content (AvgIpc) is 2.51. The molecule has 0 spiro atoms. The lowest BCUT2D eigenvalue weighted by atomic mass is 9.88. The first-order valence-corrected chi connectivity index (χ1v) is 5.63. The molecule has 0 aromatic carbocycles. The molecule has 1 aliphatic heterocycles. The number of carbonyl (C=O) groups is 1. The first-order valence-electron chi connectivity index (χ1n) is 4.47. The van der Waals surface area contributed by atoms with Crippen molar-refractivity contribution in [3.8, 4) is 0 Å². The standard InChI is InChI=1S/C9H17NO2S/c1-9(2,3)7(11)8(12)10-4-5-13-6-10/h7,11H,4-6H2,1-3H3. The van der Waals surface area contributed by atoms with Gasteiger partial charge in [-0.1, -0.05) is 20.8 Å². The van der Waals surface area contributed by atoms with Crippen molar-refractivity contribution in [3.05, 3.63) is 0 Å². The first kappa shape index (κ1) is 10.9. The van der Waals surface area contributed by atoms with Crippen molar-refractivity contribution in [3.63, 3.8) is 0 Å². The Morgan fingerprint density at radius 3 is 2.54 bits per heavy atom. The summed E-state index contributed by atoms with van der Waals surface area (Å²) < 4.78 is 0. The largest absolute Gasteiger partial charge is 0.383 e. The summed E-state index contributed by atoms with van der Waals surface area (Å²) in [5.74, 6) is 1.59. The lowest BCUT2D eigenvalue weighted by Gasteiger charge is -2.28. The van der Waals surface area contributed by atoms with Gasteiger partial charge in [0.1, 0.15) is 6.10 Å². The van der Waals surface area contributed by atoms with Gasteiger partial charge >= 0.3 is 0 Å². The highest BCUT2D eigenvalue weighted by Gasteiger charge is 2.33. The third-order valence-electron chi connectivity index (χ3n) is 2.12. The Bertz CT molecular complexity index is 194. The third-order valence-corrected chi connectivity index (χ3v) is 3.08. The van der Waals surface area contributed by atoms with Gasteiger partial charge in [0.05, 0.1) is 5.88 Å². The average molecular weight is 203 g/mol. The SMILES string of the molecule is CC(C)(C)C(O)C(=O)N1CCSC1. The number of hydrogen-bond acceptors (Lipinski definition) is 3. The van der Waals surface area contributed by atoms with Crippen molar-refractivity contribution < 1.29 is 9.90 Å². The Morgan fingerprint density at radius 2 is 2.15 bits per heavy atom. The van der Waals surface area contributed by atoms with Gasteiger partial charge in [-0.2, -0.15) is 0 Å². The molecule has 3 nitrogen and oxygen atoms in total. The van der Waals surface area contributed by atoms with Crippen molar-refractivity contribution in [1.82, 2.24) is 4.90 Å². The molecular formula is C9H17NO2S. The molecule has 1 unspecified atom stereocenters. The van der Waals surface area contributed by atoms with Crippen LogP contribution in [0, 0.1) is 5.41 Å². The van der Waals surface area contributed by atoms with Crippen molar-refractivity contribution in [2.24, 2.45) is 5.41 Å². The van der Waals surface area contributed by atoms with Crippen molar-refractivity contribution in [2.75, 3.05) is 18.2 Å². The van der Waals surface area contributed by atoms with Gasteiger partial charge in [-0.25, -0.2) is 0 Å². The van der Waals surface area contributed by atoms with Gasteiger partial charge in [0.2, 0.25) is 0 Å². The van der Waals surface area contributed by atoms with Gasteiger partial charge < -0.3 is 10.0 Å². The zero-order chi connectivity index (χ0) is 10.1. The van der Waals surface area contributed by atoms with Crippen molar-refractivity contribution >= 4 is 17.7 Å². The predicted octanol–water partition coefficient (Wildman–Crippen LogP) is 0.926. The smallest absolute Gasteiger partial charge is 0.252 e. The van der Waals surface area contributed by atoms with Crippen LogP contribution in [0.1, 0.15) is 20.8 Å². The molecule has 0 radical (unpaired) electrons. The van der Waals surface area contributed by atoms with Crippen molar-refractivity contribution in [2.45, 2.75) is 26.9 Å². The van der Waals surface area contributed by atoms with Crippen molar-refractivity contribution in [1.29, 1.82) is 0 Å². The molecular weight excluding hydrogens is 186 g/mol. The first-order chi connectivity index (χ1) is 5.93. The molecule has 1 rings (SSSR count). The van der Waals surface area contributed by atoms with Gasteiger partial charge in [-0.15, -0.1) is 11.8 Å².